The van der Waals surface area contributed by atoms with Crippen LogP contribution >= 0.6 is 11.8 Å². The Morgan fingerprint density at radius 1 is 1.14 bits per heavy atom. The molecule has 0 bridgehead atoms. The van der Waals surface area contributed by atoms with Crippen LogP contribution in [0.4, 0.5) is 18.0 Å². The molecule has 42 heavy (non-hydrogen) atoms. The summed E-state index contributed by atoms with van der Waals surface area (Å²) in [5, 5.41) is 10.3. The minimum Gasteiger partial charge on any atom is -0.487 e. The summed E-state index contributed by atoms with van der Waals surface area (Å²) in [7, 11) is 0. The first-order chi connectivity index (χ1) is 19.8. The summed E-state index contributed by atoms with van der Waals surface area (Å²) in [5.41, 5.74) is -0.880. The first kappa shape index (κ1) is 31.7. The van der Waals surface area contributed by atoms with Crippen LogP contribution in [-0.2, 0) is 12.7 Å². The topological polar surface area (TPSA) is 96.1 Å². The molecule has 3 aromatic rings. The van der Waals surface area contributed by atoms with Gasteiger partial charge in [-0.1, -0.05) is 26.8 Å². The normalized spacial score (nSPS) is 16.6. The lowest BCUT2D eigenvalue weighted by Crippen LogP contribution is -2.59. The summed E-state index contributed by atoms with van der Waals surface area (Å²) < 4.78 is 50.3. The van der Waals surface area contributed by atoms with Crippen LogP contribution in [0.3, 0.4) is 0 Å². The van der Waals surface area contributed by atoms with Crippen LogP contribution in [0.15, 0.2) is 56.9 Å². The van der Waals surface area contributed by atoms with E-state index in [0.717, 1.165) is 42.0 Å². The fraction of sp³-hybridized carbons (Fsp3) is 0.500. The second-order valence-electron chi connectivity index (χ2n) is 11.5. The Kier molecular flexibility index (Phi) is 10.1. The van der Waals surface area contributed by atoms with Crippen LogP contribution in [0.25, 0.3) is 10.9 Å². The van der Waals surface area contributed by atoms with Crippen molar-refractivity contribution >= 4 is 28.8 Å². The highest BCUT2D eigenvalue weighted by Crippen LogP contribution is 2.34. The molecule has 0 radical (unpaired) electrons. The third-order valence-corrected chi connectivity index (χ3v) is 8.44. The van der Waals surface area contributed by atoms with E-state index in [4.69, 9.17) is 9.15 Å². The number of alkyl halides is 3. The number of unbranched alkanes of at least 4 members (excludes halogenated alkanes) is 2. The van der Waals surface area contributed by atoms with Crippen LogP contribution in [0.5, 0.6) is 5.75 Å². The smallest absolute Gasteiger partial charge is 0.416 e. The van der Waals surface area contributed by atoms with Crippen LogP contribution < -0.4 is 10.2 Å². The van der Waals surface area contributed by atoms with Gasteiger partial charge in [-0.3, -0.25) is 14.7 Å². The molecule has 4 rings (SSSR count). The zero-order chi connectivity index (χ0) is 30.5. The van der Waals surface area contributed by atoms with Crippen molar-refractivity contribution in [3.63, 3.8) is 0 Å². The summed E-state index contributed by atoms with van der Waals surface area (Å²) in [4.78, 5) is 32.8. The average molecular weight is 608 g/mol. The quantitative estimate of drug-likeness (QED) is 0.200. The standard InChI is InChI=1S/C30H36F3N3O5S/c1-29(2,3)27-18-35(11-12-36(27)28(38)39)17-21-16-24(37)25(19-41-21)40-13-5-4-6-14-42-26-9-10-34-23-15-20(30(31,32)33)7-8-22(23)26/h7-10,15-16,19,27H,4-6,11-14,17-18H2,1-3H3,(H,38,39). The molecule has 1 aliphatic heterocycles. The van der Waals surface area contributed by atoms with E-state index in [2.05, 4.69) is 9.88 Å². The summed E-state index contributed by atoms with van der Waals surface area (Å²) >= 11 is 1.58. The highest BCUT2D eigenvalue weighted by Gasteiger charge is 2.38. The van der Waals surface area contributed by atoms with Gasteiger partial charge in [0.15, 0.2) is 0 Å². The number of aromatic nitrogens is 1. The largest absolute Gasteiger partial charge is 0.487 e. The van der Waals surface area contributed by atoms with Crippen molar-refractivity contribution in [1.82, 2.24) is 14.8 Å². The molecule has 1 N–H and O–H groups in total. The zero-order valence-corrected chi connectivity index (χ0v) is 24.8. The molecule has 0 saturated carbocycles. The van der Waals surface area contributed by atoms with Crippen molar-refractivity contribution in [2.75, 3.05) is 32.0 Å². The third kappa shape index (κ3) is 8.19. The maximum absolute atomic E-state index is 13.0. The number of halogens is 3. The van der Waals surface area contributed by atoms with E-state index in [1.807, 2.05) is 26.8 Å². The Hall–Kier alpha value is -3.25. The van der Waals surface area contributed by atoms with E-state index in [0.29, 0.717) is 49.4 Å². The minimum atomic E-state index is -4.40. The fourth-order valence-electron chi connectivity index (χ4n) is 4.97. The first-order valence-electron chi connectivity index (χ1n) is 13.9. The van der Waals surface area contributed by atoms with E-state index in [1.165, 1.54) is 29.5 Å². The molecule has 2 aromatic heterocycles. The number of piperazine rings is 1. The molecule has 8 nitrogen and oxygen atoms in total. The van der Waals surface area contributed by atoms with Crippen LogP contribution in [0.2, 0.25) is 0 Å². The van der Waals surface area contributed by atoms with Gasteiger partial charge in [0.05, 0.1) is 30.3 Å². The monoisotopic (exact) mass is 607 g/mol. The molecule has 228 valence electrons. The number of amides is 1. The molecule has 12 heteroatoms. The molecular weight excluding hydrogens is 571 g/mol. The van der Waals surface area contributed by atoms with Gasteiger partial charge in [-0.05, 0) is 48.6 Å². The maximum atomic E-state index is 13.0. The second kappa shape index (κ2) is 13.4. The van der Waals surface area contributed by atoms with Crippen LogP contribution in [0, 0.1) is 5.41 Å². The van der Waals surface area contributed by atoms with Crippen LogP contribution in [-0.4, -0.2) is 64.0 Å². The second-order valence-corrected chi connectivity index (χ2v) is 12.6. The predicted molar refractivity (Wildman–Crippen MR) is 155 cm³/mol. The van der Waals surface area contributed by atoms with Crippen LogP contribution in [0.1, 0.15) is 51.4 Å². The average Bonchev–Trinajstić information content (AvgIpc) is 2.92. The lowest BCUT2D eigenvalue weighted by atomic mass is 9.84. The number of hydrogen-bond donors (Lipinski definition) is 1. The molecular formula is C30H36F3N3O5S. The van der Waals surface area contributed by atoms with Gasteiger partial charge in [0.25, 0.3) is 0 Å². The van der Waals surface area contributed by atoms with Crippen molar-refractivity contribution in [3.8, 4) is 5.75 Å². The number of rotatable bonds is 10. The SMILES string of the molecule is CC(C)(C)C1CN(Cc2cc(=O)c(OCCCCCSc3ccnc4cc(C(F)(F)F)ccc34)co2)CCN1C(=O)O. The molecule has 1 atom stereocenters. The van der Waals surface area contributed by atoms with Crippen molar-refractivity contribution in [2.45, 2.75) is 63.7 Å². The lowest BCUT2D eigenvalue weighted by Gasteiger charge is -2.45. The van der Waals surface area contributed by atoms with E-state index in [-0.39, 0.29) is 22.6 Å². The molecule has 1 saturated heterocycles. The fourth-order valence-corrected chi connectivity index (χ4v) is 6.02. The van der Waals surface area contributed by atoms with Gasteiger partial charge in [0.2, 0.25) is 11.2 Å². The number of carbonyl (C=O) groups is 1. The van der Waals surface area contributed by atoms with E-state index >= 15 is 0 Å². The summed E-state index contributed by atoms with van der Waals surface area (Å²) in [6.07, 6.45) is -0.00388. The molecule has 3 heterocycles. The van der Waals surface area contributed by atoms with Gasteiger partial charge >= 0.3 is 12.3 Å². The molecule has 1 aromatic carbocycles. The van der Waals surface area contributed by atoms with E-state index < -0.39 is 17.8 Å². The molecule has 1 fully saturated rings. The van der Waals surface area contributed by atoms with Gasteiger partial charge in [-0.15, -0.1) is 11.8 Å². The van der Waals surface area contributed by atoms with Gasteiger partial charge in [-0.2, -0.15) is 13.2 Å². The Labute approximate surface area is 246 Å². The number of nitrogens with zero attached hydrogens (tertiary/aromatic N) is 3. The van der Waals surface area contributed by atoms with Gasteiger partial charge in [-0.25, -0.2) is 4.79 Å². The highest BCUT2D eigenvalue weighted by atomic mass is 32.2. The molecule has 1 amide bonds. The number of ether oxygens (including phenoxy) is 1. The predicted octanol–water partition coefficient (Wildman–Crippen LogP) is 6.76. The Balaban J connectivity index is 1.20. The number of fused-ring (bicyclic) bond motifs is 1. The van der Waals surface area contributed by atoms with E-state index in [1.54, 1.807) is 11.8 Å². The minimum absolute atomic E-state index is 0.151. The molecule has 1 aliphatic rings. The van der Waals surface area contributed by atoms with Crippen molar-refractivity contribution in [1.29, 1.82) is 0 Å². The Morgan fingerprint density at radius 2 is 1.93 bits per heavy atom. The van der Waals surface area contributed by atoms with Gasteiger partial charge in [0, 0.05) is 42.2 Å². The summed E-state index contributed by atoms with van der Waals surface area (Å²) in [6, 6.07) is 6.69. The Morgan fingerprint density at radius 3 is 2.62 bits per heavy atom. The number of benzene rings is 1. The maximum Gasteiger partial charge on any atom is 0.416 e. The van der Waals surface area contributed by atoms with Gasteiger partial charge in [0.1, 0.15) is 12.0 Å². The number of carboxylic acid groups (broad SMARTS) is 1. The zero-order valence-electron chi connectivity index (χ0n) is 23.9. The molecule has 0 aliphatic carbocycles. The number of pyridine rings is 1. The van der Waals surface area contributed by atoms with Crippen molar-refractivity contribution < 1.29 is 32.2 Å². The van der Waals surface area contributed by atoms with Gasteiger partial charge < -0.3 is 19.2 Å². The summed E-state index contributed by atoms with van der Waals surface area (Å²) in [5.74, 6) is 1.44. The number of thioether (sulfide) groups is 1. The van der Waals surface area contributed by atoms with Crippen molar-refractivity contribution in [2.24, 2.45) is 5.41 Å². The Bertz CT molecular complexity index is 1440. The molecule has 1 unspecified atom stereocenters. The first-order valence-corrected chi connectivity index (χ1v) is 14.9. The molecule has 0 spiro atoms. The van der Waals surface area contributed by atoms with E-state index in [9.17, 15) is 27.9 Å². The highest BCUT2D eigenvalue weighted by molar-refractivity contribution is 7.99. The number of hydrogen-bond acceptors (Lipinski definition) is 7. The lowest BCUT2D eigenvalue weighted by molar-refractivity contribution is -0.137. The summed E-state index contributed by atoms with van der Waals surface area (Å²) in [6.45, 7) is 8.31. The van der Waals surface area contributed by atoms with Crippen molar-refractivity contribution in [3.05, 3.63) is 64.3 Å². The third-order valence-electron chi connectivity index (χ3n) is 7.28.